The molecular weight excluding hydrogens is 316 g/mol. The molecule has 1 aliphatic rings. The summed E-state index contributed by atoms with van der Waals surface area (Å²) in [6.45, 7) is 5.84. The van der Waals surface area contributed by atoms with Crippen LogP contribution in [0.15, 0.2) is 42.7 Å². The van der Waals surface area contributed by atoms with Gasteiger partial charge in [0.25, 0.3) is 5.91 Å². The van der Waals surface area contributed by atoms with Gasteiger partial charge in [0.2, 0.25) is 5.91 Å². The number of piperazine rings is 1. The van der Waals surface area contributed by atoms with Gasteiger partial charge in [-0.15, -0.1) is 0 Å². The number of nitrogens with one attached hydrogen (secondary N) is 1. The first-order chi connectivity index (χ1) is 12.0. The fourth-order valence-corrected chi connectivity index (χ4v) is 2.90. The van der Waals surface area contributed by atoms with Crippen LogP contribution in [-0.2, 0) is 4.79 Å². The zero-order chi connectivity index (χ0) is 17.8. The molecule has 1 aromatic carbocycles. The van der Waals surface area contributed by atoms with Crippen LogP contribution in [0.2, 0.25) is 0 Å². The number of hydrogen-bond acceptors (Lipinski definition) is 4. The largest absolute Gasteiger partial charge is 0.354 e. The fourth-order valence-electron chi connectivity index (χ4n) is 2.90. The van der Waals surface area contributed by atoms with Crippen molar-refractivity contribution in [3.05, 3.63) is 53.9 Å². The minimum absolute atomic E-state index is 0.0517. The summed E-state index contributed by atoms with van der Waals surface area (Å²) in [6.07, 6.45) is 3.29. The number of nitrogens with zero attached hydrogens (tertiary/aromatic N) is 3. The van der Waals surface area contributed by atoms with Gasteiger partial charge >= 0.3 is 0 Å². The van der Waals surface area contributed by atoms with Crippen molar-refractivity contribution in [2.45, 2.75) is 13.8 Å². The van der Waals surface area contributed by atoms with Crippen molar-refractivity contribution < 1.29 is 9.59 Å². The van der Waals surface area contributed by atoms with E-state index in [2.05, 4.69) is 10.3 Å². The molecule has 3 rings (SSSR count). The van der Waals surface area contributed by atoms with Crippen molar-refractivity contribution in [1.82, 2.24) is 14.8 Å². The van der Waals surface area contributed by atoms with E-state index in [1.807, 2.05) is 37.3 Å². The van der Waals surface area contributed by atoms with Crippen LogP contribution in [0, 0.1) is 6.92 Å². The Hall–Kier alpha value is -2.89. The second kappa shape index (κ2) is 7.34. The van der Waals surface area contributed by atoms with E-state index in [-0.39, 0.29) is 11.8 Å². The number of aromatic nitrogens is 1. The lowest BCUT2D eigenvalue weighted by Crippen LogP contribution is -2.50. The Labute approximate surface area is 147 Å². The lowest BCUT2D eigenvalue weighted by molar-refractivity contribution is -0.130. The topological polar surface area (TPSA) is 65.5 Å². The maximum atomic E-state index is 12.7. The number of aryl methyl sites for hydroxylation is 1. The van der Waals surface area contributed by atoms with Crippen molar-refractivity contribution >= 4 is 23.2 Å². The van der Waals surface area contributed by atoms with Gasteiger partial charge in [-0.25, -0.2) is 0 Å². The van der Waals surface area contributed by atoms with Gasteiger partial charge in [0, 0.05) is 45.0 Å². The Kier molecular flexibility index (Phi) is 4.97. The van der Waals surface area contributed by atoms with E-state index in [9.17, 15) is 9.59 Å². The summed E-state index contributed by atoms with van der Waals surface area (Å²) in [6, 6.07) is 9.79. The zero-order valence-electron chi connectivity index (χ0n) is 14.5. The third-order valence-electron chi connectivity index (χ3n) is 4.42. The molecule has 6 heteroatoms. The Morgan fingerprint density at radius 2 is 1.72 bits per heavy atom. The first-order valence-corrected chi connectivity index (χ1v) is 8.37. The van der Waals surface area contributed by atoms with Gasteiger partial charge in [0.15, 0.2) is 0 Å². The standard InChI is InChI=1S/C19H22N4O2/c1-14-5-3-4-6-18(14)21-17-11-16(12-20-13-17)19(25)23-9-7-22(8-10-23)15(2)24/h3-6,11-13,21H,7-10H2,1-2H3. The molecule has 1 saturated heterocycles. The van der Waals surface area contributed by atoms with Gasteiger partial charge in [-0.2, -0.15) is 0 Å². The molecule has 25 heavy (non-hydrogen) atoms. The summed E-state index contributed by atoms with van der Waals surface area (Å²) in [5.41, 5.74) is 3.45. The molecule has 2 aromatic rings. The maximum Gasteiger partial charge on any atom is 0.255 e. The Bertz CT molecular complexity index is 782. The van der Waals surface area contributed by atoms with Crippen molar-refractivity contribution in [2.24, 2.45) is 0 Å². The van der Waals surface area contributed by atoms with Gasteiger partial charge in [-0.05, 0) is 24.6 Å². The quantitative estimate of drug-likeness (QED) is 0.933. The van der Waals surface area contributed by atoms with E-state index < -0.39 is 0 Å². The van der Waals surface area contributed by atoms with Crippen molar-refractivity contribution in [3.8, 4) is 0 Å². The third kappa shape index (κ3) is 3.96. The molecule has 2 heterocycles. The van der Waals surface area contributed by atoms with Gasteiger partial charge in [-0.1, -0.05) is 18.2 Å². The van der Waals surface area contributed by atoms with Crippen LogP contribution < -0.4 is 5.32 Å². The first kappa shape index (κ1) is 17.0. The maximum absolute atomic E-state index is 12.7. The summed E-state index contributed by atoms with van der Waals surface area (Å²) in [5, 5.41) is 3.31. The minimum Gasteiger partial charge on any atom is -0.354 e. The number of carbonyl (C=O) groups is 2. The number of amides is 2. The van der Waals surface area contributed by atoms with Crippen LogP contribution in [0.3, 0.4) is 0 Å². The number of hydrogen-bond donors (Lipinski definition) is 1. The van der Waals surface area contributed by atoms with Gasteiger partial charge in [-0.3, -0.25) is 14.6 Å². The number of benzene rings is 1. The Morgan fingerprint density at radius 1 is 1.04 bits per heavy atom. The molecule has 0 spiro atoms. The number of para-hydroxylation sites is 1. The van der Waals surface area contributed by atoms with Gasteiger partial charge in [0.1, 0.15) is 0 Å². The molecule has 1 N–H and O–H groups in total. The molecule has 1 aliphatic heterocycles. The van der Waals surface area contributed by atoms with E-state index >= 15 is 0 Å². The summed E-state index contributed by atoms with van der Waals surface area (Å²) in [5.74, 6) is 0.00216. The molecule has 0 unspecified atom stereocenters. The van der Waals surface area contributed by atoms with Crippen LogP contribution in [0.4, 0.5) is 11.4 Å². The van der Waals surface area contributed by atoms with E-state index in [1.54, 1.807) is 29.1 Å². The Morgan fingerprint density at radius 3 is 2.40 bits per heavy atom. The van der Waals surface area contributed by atoms with E-state index in [1.165, 1.54) is 0 Å². The summed E-state index contributed by atoms with van der Waals surface area (Å²) < 4.78 is 0. The fraction of sp³-hybridized carbons (Fsp3) is 0.316. The van der Waals surface area contributed by atoms with Gasteiger partial charge < -0.3 is 15.1 Å². The van der Waals surface area contributed by atoms with Crippen LogP contribution in [0.25, 0.3) is 0 Å². The zero-order valence-corrected chi connectivity index (χ0v) is 14.5. The summed E-state index contributed by atoms with van der Waals surface area (Å²) in [4.78, 5) is 31.8. The van der Waals surface area contributed by atoms with Crippen LogP contribution >= 0.6 is 0 Å². The molecule has 1 fully saturated rings. The summed E-state index contributed by atoms with van der Waals surface area (Å²) >= 11 is 0. The lowest BCUT2D eigenvalue weighted by atomic mass is 10.2. The molecule has 130 valence electrons. The number of anilines is 2. The minimum atomic E-state index is -0.0517. The highest BCUT2D eigenvalue weighted by atomic mass is 16.2. The highest BCUT2D eigenvalue weighted by molar-refractivity contribution is 5.95. The van der Waals surface area contributed by atoms with Crippen molar-refractivity contribution in [2.75, 3.05) is 31.5 Å². The second-order valence-electron chi connectivity index (χ2n) is 6.20. The van der Waals surface area contributed by atoms with Crippen molar-refractivity contribution in [1.29, 1.82) is 0 Å². The third-order valence-corrected chi connectivity index (χ3v) is 4.42. The highest BCUT2D eigenvalue weighted by Crippen LogP contribution is 2.20. The molecule has 1 aromatic heterocycles. The predicted molar refractivity (Wildman–Crippen MR) is 96.9 cm³/mol. The van der Waals surface area contributed by atoms with E-state index in [0.29, 0.717) is 31.7 Å². The molecule has 0 aliphatic carbocycles. The van der Waals surface area contributed by atoms with Crippen LogP contribution in [0.1, 0.15) is 22.8 Å². The number of rotatable bonds is 3. The van der Waals surface area contributed by atoms with E-state index in [4.69, 9.17) is 0 Å². The predicted octanol–water partition coefficient (Wildman–Crippen LogP) is 2.44. The van der Waals surface area contributed by atoms with E-state index in [0.717, 1.165) is 16.9 Å². The molecule has 0 saturated carbocycles. The van der Waals surface area contributed by atoms with Gasteiger partial charge in [0.05, 0.1) is 17.4 Å². The highest BCUT2D eigenvalue weighted by Gasteiger charge is 2.23. The molecule has 6 nitrogen and oxygen atoms in total. The Balaban J connectivity index is 1.70. The first-order valence-electron chi connectivity index (χ1n) is 8.37. The molecular formula is C19H22N4O2. The molecule has 0 atom stereocenters. The second-order valence-corrected chi connectivity index (χ2v) is 6.20. The normalized spacial score (nSPS) is 14.3. The summed E-state index contributed by atoms with van der Waals surface area (Å²) in [7, 11) is 0. The van der Waals surface area contributed by atoms with Crippen molar-refractivity contribution in [3.63, 3.8) is 0 Å². The van der Waals surface area contributed by atoms with Crippen LogP contribution in [-0.4, -0.2) is 52.8 Å². The molecule has 2 amide bonds. The molecule has 0 bridgehead atoms. The molecule has 0 radical (unpaired) electrons. The monoisotopic (exact) mass is 338 g/mol. The average Bonchev–Trinajstić information content (AvgIpc) is 2.63. The average molecular weight is 338 g/mol. The smallest absolute Gasteiger partial charge is 0.255 e. The lowest BCUT2D eigenvalue weighted by Gasteiger charge is -2.34. The number of carbonyl (C=O) groups excluding carboxylic acids is 2. The van der Waals surface area contributed by atoms with Crippen LogP contribution in [0.5, 0.6) is 0 Å². The SMILES string of the molecule is CC(=O)N1CCN(C(=O)c2cncc(Nc3ccccc3C)c2)CC1. The number of pyridine rings is 1.